The van der Waals surface area contributed by atoms with Crippen molar-refractivity contribution >= 4 is 11.4 Å². The van der Waals surface area contributed by atoms with Crippen LogP contribution in [0.4, 0.5) is 0 Å². The summed E-state index contributed by atoms with van der Waals surface area (Å²) >= 11 is 0. The van der Waals surface area contributed by atoms with Crippen LogP contribution >= 0.6 is 0 Å². The lowest BCUT2D eigenvalue weighted by molar-refractivity contribution is 0.0950. The summed E-state index contributed by atoms with van der Waals surface area (Å²) in [5.74, 6) is -0.184. The molecule has 0 fully saturated rings. The standard InChI is InChI=1S/C16H12N4O/c17-10-12-4-6-13(7-5-12)16(21)18-11-14-9-15-3-1-2-8-20(15)19-14/h1-9H,11H2,(H,18,21). The summed E-state index contributed by atoms with van der Waals surface area (Å²) in [5.41, 5.74) is 2.84. The molecule has 0 aliphatic rings. The van der Waals surface area contributed by atoms with Gasteiger partial charge in [0.25, 0.3) is 5.91 Å². The quantitative estimate of drug-likeness (QED) is 0.796. The van der Waals surface area contributed by atoms with Gasteiger partial charge < -0.3 is 5.32 Å². The lowest BCUT2D eigenvalue weighted by atomic mass is 10.1. The number of fused-ring (bicyclic) bond motifs is 1. The molecule has 0 spiro atoms. The Morgan fingerprint density at radius 3 is 2.76 bits per heavy atom. The molecule has 0 atom stereocenters. The third-order valence-electron chi connectivity index (χ3n) is 3.13. The monoisotopic (exact) mass is 276 g/mol. The van der Waals surface area contributed by atoms with Crippen molar-refractivity contribution in [3.05, 3.63) is 71.5 Å². The fourth-order valence-corrected chi connectivity index (χ4v) is 2.05. The molecule has 1 amide bonds. The number of carbonyl (C=O) groups is 1. The predicted molar refractivity (Wildman–Crippen MR) is 77.5 cm³/mol. The number of nitrogens with zero attached hydrogens (tertiary/aromatic N) is 3. The largest absolute Gasteiger partial charge is 0.346 e. The van der Waals surface area contributed by atoms with Crippen molar-refractivity contribution < 1.29 is 4.79 Å². The zero-order chi connectivity index (χ0) is 14.7. The number of aromatic nitrogens is 2. The first kappa shape index (κ1) is 12.9. The smallest absolute Gasteiger partial charge is 0.251 e. The lowest BCUT2D eigenvalue weighted by Gasteiger charge is -2.03. The van der Waals surface area contributed by atoms with Crippen LogP contribution in [0.1, 0.15) is 21.6 Å². The molecule has 1 aromatic carbocycles. The summed E-state index contributed by atoms with van der Waals surface area (Å²) in [7, 11) is 0. The molecule has 0 aliphatic heterocycles. The van der Waals surface area contributed by atoms with E-state index in [1.807, 2.05) is 36.5 Å². The molecule has 0 bridgehead atoms. The Kier molecular flexibility index (Phi) is 3.36. The Labute approximate surface area is 121 Å². The summed E-state index contributed by atoms with van der Waals surface area (Å²) in [6.07, 6.45) is 1.86. The van der Waals surface area contributed by atoms with Gasteiger partial charge in [-0.05, 0) is 42.5 Å². The van der Waals surface area contributed by atoms with Gasteiger partial charge in [0.1, 0.15) is 0 Å². The van der Waals surface area contributed by atoms with Crippen LogP contribution in [0.3, 0.4) is 0 Å². The van der Waals surface area contributed by atoms with Gasteiger partial charge >= 0.3 is 0 Å². The van der Waals surface area contributed by atoms with Crippen molar-refractivity contribution in [1.82, 2.24) is 14.9 Å². The number of hydrogen-bond donors (Lipinski definition) is 1. The zero-order valence-corrected chi connectivity index (χ0v) is 11.2. The summed E-state index contributed by atoms with van der Waals surface area (Å²) < 4.78 is 1.77. The highest BCUT2D eigenvalue weighted by Crippen LogP contribution is 2.07. The number of hydrogen-bond acceptors (Lipinski definition) is 3. The van der Waals surface area contributed by atoms with E-state index in [1.54, 1.807) is 28.8 Å². The Morgan fingerprint density at radius 1 is 1.24 bits per heavy atom. The minimum Gasteiger partial charge on any atom is -0.346 e. The molecular formula is C16H12N4O. The summed E-state index contributed by atoms with van der Waals surface area (Å²) in [5, 5.41) is 15.9. The highest BCUT2D eigenvalue weighted by Gasteiger charge is 2.07. The minimum absolute atomic E-state index is 0.184. The van der Waals surface area contributed by atoms with Crippen LogP contribution in [-0.4, -0.2) is 15.5 Å². The first-order valence-corrected chi connectivity index (χ1v) is 6.48. The molecule has 5 heteroatoms. The van der Waals surface area contributed by atoms with Crippen LogP contribution < -0.4 is 5.32 Å². The SMILES string of the molecule is N#Cc1ccc(C(=O)NCc2cc3ccccn3n2)cc1. The first-order chi connectivity index (χ1) is 10.3. The summed E-state index contributed by atoms with van der Waals surface area (Å²) in [6.45, 7) is 0.362. The highest BCUT2D eigenvalue weighted by atomic mass is 16.1. The topological polar surface area (TPSA) is 70.2 Å². The van der Waals surface area contributed by atoms with Crippen LogP contribution in [0.2, 0.25) is 0 Å². The Morgan fingerprint density at radius 2 is 2.05 bits per heavy atom. The van der Waals surface area contributed by atoms with E-state index < -0.39 is 0 Å². The maximum absolute atomic E-state index is 12.0. The Balaban J connectivity index is 1.68. The molecule has 0 saturated carbocycles. The van der Waals surface area contributed by atoms with Crippen molar-refractivity contribution in [2.45, 2.75) is 6.54 Å². The summed E-state index contributed by atoms with van der Waals surface area (Å²) in [6, 6.07) is 16.3. The number of carbonyl (C=O) groups excluding carboxylic acids is 1. The number of amides is 1. The molecule has 3 rings (SSSR count). The van der Waals surface area contributed by atoms with Crippen LogP contribution in [0, 0.1) is 11.3 Å². The highest BCUT2D eigenvalue weighted by molar-refractivity contribution is 5.94. The van der Waals surface area contributed by atoms with Crippen molar-refractivity contribution in [1.29, 1.82) is 5.26 Å². The average molecular weight is 276 g/mol. The number of nitriles is 1. The van der Waals surface area contributed by atoms with Crippen molar-refractivity contribution in [3.63, 3.8) is 0 Å². The molecule has 0 radical (unpaired) electrons. The Bertz CT molecular complexity index is 794. The molecule has 21 heavy (non-hydrogen) atoms. The molecular weight excluding hydrogens is 264 g/mol. The number of pyridine rings is 1. The molecule has 1 N–H and O–H groups in total. The average Bonchev–Trinajstić information content (AvgIpc) is 2.95. The maximum atomic E-state index is 12.0. The van der Waals surface area contributed by atoms with Crippen LogP contribution in [0.15, 0.2) is 54.7 Å². The normalized spacial score (nSPS) is 10.2. The second kappa shape index (κ2) is 5.47. The molecule has 3 aromatic rings. The van der Waals surface area contributed by atoms with Gasteiger partial charge in [-0.1, -0.05) is 6.07 Å². The van der Waals surface area contributed by atoms with Crippen LogP contribution in [0.5, 0.6) is 0 Å². The fourth-order valence-electron chi connectivity index (χ4n) is 2.05. The molecule has 0 unspecified atom stereocenters. The van der Waals surface area contributed by atoms with Crippen molar-refractivity contribution in [2.75, 3.05) is 0 Å². The predicted octanol–water partition coefficient (Wildman–Crippen LogP) is 2.14. The van der Waals surface area contributed by atoms with Gasteiger partial charge in [0.05, 0.1) is 29.4 Å². The second-order valence-electron chi connectivity index (χ2n) is 4.58. The number of benzene rings is 1. The number of rotatable bonds is 3. The minimum atomic E-state index is -0.184. The first-order valence-electron chi connectivity index (χ1n) is 6.48. The maximum Gasteiger partial charge on any atom is 0.251 e. The van der Waals surface area contributed by atoms with Gasteiger partial charge in [-0.2, -0.15) is 10.4 Å². The molecule has 2 heterocycles. The van der Waals surface area contributed by atoms with Gasteiger partial charge in [0.2, 0.25) is 0 Å². The number of nitrogens with one attached hydrogen (secondary N) is 1. The molecule has 2 aromatic heterocycles. The van der Waals surface area contributed by atoms with Gasteiger partial charge in [-0.25, -0.2) is 4.52 Å². The third-order valence-corrected chi connectivity index (χ3v) is 3.13. The fraction of sp³-hybridized carbons (Fsp3) is 0.0625. The van der Waals surface area contributed by atoms with Crippen LogP contribution in [0.25, 0.3) is 5.52 Å². The van der Waals surface area contributed by atoms with Crippen molar-refractivity contribution in [3.8, 4) is 6.07 Å². The summed E-state index contributed by atoms with van der Waals surface area (Å²) in [4.78, 5) is 12.0. The van der Waals surface area contributed by atoms with Gasteiger partial charge in [0, 0.05) is 11.8 Å². The molecule has 102 valence electrons. The van der Waals surface area contributed by atoms with Gasteiger partial charge in [-0.3, -0.25) is 4.79 Å². The van der Waals surface area contributed by atoms with E-state index in [2.05, 4.69) is 10.4 Å². The molecule has 0 saturated heterocycles. The van der Waals surface area contributed by atoms with E-state index in [0.29, 0.717) is 17.7 Å². The van der Waals surface area contributed by atoms with E-state index in [1.165, 1.54) is 0 Å². The second-order valence-corrected chi connectivity index (χ2v) is 4.58. The van der Waals surface area contributed by atoms with E-state index in [0.717, 1.165) is 11.2 Å². The lowest BCUT2D eigenvalue weighted by Crippen LogP contribution is -2.22. The molecule has 0 aliphatic carbocycles. The van der Waals surface area contributed by atoms with E-state index in [4.69, 9.17) is 5.26 Å². The molecule has 5 nitrogen and oxygen atoms in total. The third kappa shape index (κ3) is 2.74. The van der Waals surface area contributed by atoms with E-state index >= 15 is 0 Å². The van der Waals surface area contributed by atoms with E-state index in [9.17, 15) is 4.79 Å². The van der Waals surface area contributed by atoms with E-state index in [-0.39, 0.29) is 5.91 Å². The van der Waals surface area contributed by atoms with Crippen molar-refractivity contribution in [2.24, 2.45) is 0 Å². The zero-order valence-electron chi connectivity index (χ0n) is 11.2. The Hall–Kier alpha value is -3.13. The van der Waals surface area contributed by atoms with Gasteiger partial charge in [0.15, 0.2) is 0 Å². The van der Waals surface area contributed by atoms with Crippen LogP contribution in [-0.2, 0) is 6.54 Å². The van der Waals surface area contributed by atoms with Gasteiger partial charge in [-0.15, -0.1) is 0 Å².